The van der Waals surface area contributed by atoms with Crippen LogP contribution in [0.15, 0.2) is 32.9 Å². The lowest BCUT2D eigenvalue weighted by Crippen LogP contribution is -2.61. The Morgan fingerprint density at radius 3 is 2.68 bits per heavy atom. The average Bonchev–Trinajstić information content (AvgIpc) is 3.50. The molecule has 0 spiro atoms. The van der Waals surface area contributed by atoms with Crippen LogP contribution in [0.5, 0.6) is 0 Å². The van der Waals surface area contributed by atoms with Crippen LogP contribution in [0.25, 0.3) is 10.1 Å². The number of nitrogens with zero attached hydrogens (tertiary/aromatic N) is 3. The average molecular weight is 602 g/mol. The predicted molar refractivity (Wildman–Crippen MR) is 140 cm³/mol. The first-order valence-electron chi connectivity index (χ1n) is 11.5. The van der Waals surface area contributed by atoms with Gasteiger partial charge in [-0.05, 0) is 23.6 Å². The van der Waals surface area contributed by atoms with E-state index in [9.17, 15) is 26.4 Å². The highest BCUT2D eigenvalue weighted by Gasteiger charge is 2.42. The molecule has 0 bridgehead atoms. The summed E-state index contributed by atoms with van der Waals surface area (Å²) in [6.45, 7) is -0.307. The third-order valence-electron chi connectivity index (χ3n) is 6.55. The van der Waals surface area contributed by atoms with Gasteiger partial charge in [0.15, 0.2) is 9.84 Å². The number of piperazine rings is 1. The van der Waals surface area contributed by atoms with Crippen LogP contribution in [-0.4, -0.2) is 87.2 Å². The monoisotopic (exact) mass is 601 g/mol. The van der Waals surface area contributed by atoms with Crippen molar-refractivity contribution in [1.29, 1.82) is 0 Å². The lowest BCUT2D eigenvalue weighted by atomic mass is 10.1. The Morgan fingerprint density at radius 1 is 1.21 bits per heavy atom. The lowest BCUT2D eigenvalue weighted by molar-refractivity contribution is -0.126. The third kappa shape index (κ3) is 4.94. The van der Waals surface area contributed by atoms with Gasteiger partial charge in [-0.25, -0.2) is 21.8 Å². The number of fused-ring (bicyclic) bond motifs is 2. The second-order valence-corrected chi connectivity index (χ2v) is 14.9. The van der Waals surface area contributed by atoms with Crippen LogP contribution in [0, 0.1) is 0 Å². The molecule has 0 aliphatic carbocycles. The predicted octanol–water partition coefficient (Wildman–Crippen LogP) is 0.820. The highest BCUT2D eigenvalue weighted by molar-refractivity contribution is 7.91. The largest absolute Gasteiger partial charge is 0.436 e. The number of sulfone groups is 1. The van der Waals surface area contributed by atoms with E-state index in [4.69, 9.17) is 16.0 Å². The molecule has 38 heavy (non-hydrogen) atoms. The highest BCUT2D eigenvalue weighted by Crippen LogP contribution is 2.33. The molecule has 2 aromatic heterocycles. The van der Waals surface area contributed by atoms with Gasteiger partial charge in [0.05, 0.1) is 12.2 Å². The van der Waals surface area contributed by atoms with E-state index in [0.717, 1.165) is 23.0 Å². The molecule has 16 heteroatoms. The lowest BCUT2D eigenvalue weighted by Gasteiger charge is -2.38. The standard InChI is InChI=1S/C22H24ClN5O7S3/c1-24-20(29)15-11-27(38(33,34)19-7-12-3-4-13(23)8-17(12)36-19)5-6-28(15)22(30)21-26-14-9-18(37(2,31)32)25-10-16(14)35-21/h3-4,7-8,15,18,25H,5-6,9-11H2,1-2H3,(H,24,29). The molecule has 12 nitrogen and oxygen atoms in total. The van der Waals surface area contributed by atoms with E-state index in [1.54, 1.807) is 24.3 Å². The van der Waals surface area contributed by atoms with E-state index < -0.39 is 43.1 Å². The topological polar surface area (TPSA) is 159 Å². The van der Waals surface area contributed by atoms with Gasteiger partial charge in [0.1, 0.15) is 21.4 Å². The van der Waals surface area contributed by atoms with Gasteiger partial charge in [-0.1, -0.05) is 17.7 Å². The fraction of sp³-hybridized carbons (Fsp3) is 0.409. The van der Waals surface area contributed by atoms with Crippen molar-refractivity contribution in [3.05, 3.63) is 46.6 Å². The molecule has 1 saturated heterocycles. The van der Waals surface area contributed by atoms with Gasteiger partial charge in [0, 0.05) is 49.1 Å². The van der Waals surface area contributed by atoms with Crippen LogP contribution in [-0.2, 0) is 37.6 Å². The summed E-state index contributed by atoms with van der Waals surface area (Å²) in [6, 6.07) is 5.53. The first-order valence-corrected chi connectivity index (χ1v) is 16.1. The van der Waals surface area contributed by atoms with Crippen LogP contribution in [0.4, 0.5) is 0 Å². The smallest absolute Gasteiger partial charge is 0.310 e. The highest BCUT2D eigenvalue weighted by atomic mass is 35.5. The Morgan fingerprint density at radius 2 is 1.97 bits per heavy atom. The molecule has 0 saturated carbocycles. The number of carbonyl (C=O) groups excluding carboxylic acids is 2. The SMILES string of the molecule is CNC(=O)C1CN(S(=O)(=O)c2cc3ccc(Cl)cc3s2)CCN1C(=O)c1nc2c(o1)CNC(S(C)(=O)=O)C2. The van der Waals surface area contributed by atoms with E-state index in [1.807, 2.05) is 0 Å². The summed E-state index contributed by atoms with van der Waals surface area (Å²) in [7, 11) is -5.95. The molecule has 0 radical (unpaired) electrons. The zero-order valence-electron chi connectivity index (χ0n) is 20.3. The molecule has 2 aliphatic heterocycles. The fourth-order valence-electron chi connectivity index (χ4n) is 4.50. The maximum atomic E-state index is 13.5. The van der Waals surface area contributed by atoms with Crippen molar-refractivity contribution in [1.82, 2.24) is 24.8 Å². The summed E-state index contributed by atoms with van der Waals surface area (Å²) < 4.78 is 58.4. The summed E-state index contributed by atoms with van der Waals surface area (Å²) in [5.74, 6) is -1.16. The number of aromatic nitrogens is 1. The van der Waals surface area contributed by atoms with E-state index in [1.165, 1.54) is 16.3 Å². The zero-order chi connectivity index (χ0) is 27.4. The number of hydrogen-bond acceptors (Lipinski definition) is 10. The van der Waals surface area contributed by atoms with E-state index in [0.29, 0.717) is 21.2 Å². The van der Waals surface area contributed by atoms with Crippen molar-refractivity contribution < 1.29 is 30.8 Å². The first-order chi connectivity index (χ1) is 17.9. The van der Waals surface area contributed by atoms with Crippen molar-refractivity contribution in [2.24, 2.45) is 0 Å². The van der Waals surface area contributed by atoms with Crippen molar-refractivity contribution in [2.75, 3.05) is 32.9 Å². The minimum absolute atomic E-state index is 0.0379. The Balaban J connectivity index is 1.39. The maximum absolute atomic E-state index is 13.5. The van der Waals surface area contributed by atoms with Crippen LogP contribution in [0.2, 0.25) is 5.02 Å². The van der Waals surface area contributed by atoms with Crippen LogP contribution < -0.4 is 10.6 Å². The third-order valence-corrected chi connectivity index (χ3v) is 11.6. The summed E-state index contributed by atoms with van der Waals surface area (Å²) in [6.07, 6.45) is 1.15. The van der Waals surface area contributed by atoms with Gasteiger partial charge in [0.2, 0.25) is 5.91 Å². The summed E-state index contributed by atoms with van der Waals surface area (Å²) in [4.78, 5) is 31.6. The molecule has 3 aromatic rings. The molecule has 2 N–H and O–H groups in total. The number of sulfonamides is 1. The molecule has 1 fully saturated rings. The second kappa shape index (κ2) is 9.88. The summed E-state index contributed by atoms with van der Waals surface area (Å²) in [5.41, 5.74) is 0.352. The van der Waals surface area contributed by atoms with Gasteiger partial charge in [-0.15, -0.1) is 11.3 Å². The van der Waals surface area contributed by atoms with Crippen LogP contribution in [0.1, 0.15) is 22.1 Å². The minimum Gasteiger partial charge on any atom is -0.436 e. The Labute approximate surface area is 227 Å². The molecular formula is C22H24ClN5O7S3. The molecular weight excluding hydrogens is 578 g/mol. The Kier molecular flexibility index (Phi) is 7.02. The normalized spacial score (nSPS) is 20.9. The molecule has 2 aliphatic rings. The van der Waals surface area contributed by atoms with Gasteiger partial charge in [-0.3, -0.25) is 14.9 Å². The Bertz CT molecular complexity index is 1650. The quantitative estimate of drug-likeness (QED) is 0.432. The first kappa shape index (κ1) is 27.0. The van der Waals surface area contributed by atoms with Gasteiger partial charge >= 0.3 is 5.91 Å². The summed E-state index contributed by atoms with van der Waals surface area (Å²) >= 11 is 7.12. The zero-order valence-corrected chi connectivity index (χ0v) is 23.5. The number of nitrogens with one attached hydrogen (secondary N) is 2. The molecule has 4 heterocycles. The van der Waals surface area contributed by atoms with Crippen LogP contribution >= 0.6 is 22.9 Å². The van der Waals surface area contributed by atoms with E-state index in [-0.39, 0.29) is 42.7 Å². The van der Waals surface area contributed by atoms with E-state index in [2.05, 4.69) is 15.6 Å². The molecule has 2 unspecified atom stereocenters. The molecule has 5 rings (SSSR count). The second-order valence-electron chi connectivity index (χ2n) is 9.03. The van der Waals surface area contributed by atoms with Crippen molar-refractivity contribution in [3.8, 4) is 0 Å². The number of benzene rings is 1. The number of oxazole rings is 1. The number of hydrogen-bond donors (Lipinski definition) is 2. The molecule has 1 aromatic carbocycles. The minimum atomic E-state index is -3.96. The summed E-state index contributed by atoms with van der Waals surface area (Å²) in [5, 5.41) is 5.71. The van der Waals surface area contributed by atoms with Gasteiger partial charge in [-0.2, -0.15) is 4.31 Å². The molecule has 2 amide bonds. The van der Waals surface area contributed by atoms with Crippen molar-refractivity contribution in [2.45, 2.75) is 28.6 Å². The van der Waals surface area contributed by atoms with Crippen molar-refractivity contribution in [3.63, 3.8) is 0 Å². The number of likely N-dealkylation sites (N-methyl/N-ethyl adjacent to an activating group) is 1. The van der Waals surface area contributed by atoms with Crippen LogP contribution in [0.3, 0.4) is 0 Å². The number of halogens is 1. The number of rotatable bonds is 5. The fourth-order valence-corrected chi connectivity index (χ4v) is 8.61. The number of thiophene rings is 1. The van der Waals surface area contributed by atoms with Gasteiger partial charge < -0.3 is 14.6 Å². The van der Waals surface area contributed by atoms with Gasteiger partial charge in [0.25, 0.3) is 15.9 Å². The molecule has 2 atom stereocenters. The molecule has 204 valence electrons. The maximum Gasteiger partial charge on any atom is 0.310 e. The number of carbonyl (C=O) groups is 2. The Hall–Kier alpha value is -2.56. The van der Waals surface area contributed by atoms with E-state index >= 15 is 0 Å². The van der Waals surface area contributed by atoms with Crippen molar-refractivity contribution >= 4 is 64.7 Å². The number of amides is 2.